The van der Waals surface area contributed by atoms with Crippen LogP contribution in [0.15, 0.2) is 16.9 Å². The summed E-state index contributed by atoms with van der Waals surface area (Å²) in [5.74, 6) is 0. The van der Waals surface area contributed by atoms with Crippen LogP contribution in [0.5, 0.6) is 0 Å². The smallest absolute Gasteiger partial charge is 0.252 e. The van der Waals surface area contributed by atoms with Crippen LogP contribution in [-0.4, -0.2) is 36.1 Å². The molecule has 2 rings (SSSR count). The summed E-state index contributed by atoms with van der Waals surface area (Å²) in [7, 11) is 0. The van der Waals surface area contributed by atoms with Crippen molar-refractivity contribution in [3.63, 3.8) is 0 Å². The second kappa shape index (κ2) is 4.59. The van der Waals surface area contributed by atoms with E-state index in [-0.39, 0.29) is 5.56 Å². The number of nitrogens with one attached hydrogen (secondary N) is 2. The van der Waals surface area contributed by atoms with Gasteiger partial charge in [0.2, 0.25) is 0 Å². The lowest BCUT2D eigenvalue weighted by Gasteiger charge is -2.26. The molecular formula is C11H17N3O. The van der Waals surface area contributed by atoms with Gasteiger partial charge >= 0.3 is 0 Å². The summed E-state index contributed by atoms with van der Waals surface area (Å²) in [5.41, 5.74) is 1.83. The van der Waals surface area contributed by atoms with Gasteiger partial charge in [-0.1, -0.05) is 6.07 Å². The maximum Gasteiger partial charge on any atom is 0.252 e. The summed E-state index contributed by atoms with van der Waals surface area (Å²) in [6.07, 6.45) is 0. The number of aromatic nitrogens is 1. The van der Waals surface area contributed by atoms with Crippen LogP contribution in [0.1, 0.15) is 11.3 Å². The van der Waals surface area contributed by atoms with Gasteiger partial charge in [-0.15, -0.1) is 0 Å². The predicted molar refractivity (Wildman–Crippen MR) is 59.9 cm³/mol. The van der Waals surface area contributed by atoms with Gasteiger partial charge in [0.25, 0.3) is 5.56 Å². The predicted octanol–water partition coefficient (Wildman–Crippen LogP) is 0.0885. The number of hydrogen-bond acceptors (Lipinski definition) is 3. The van der Waals surface area contributed by atoms with E-state index in [1.54, 1.807) is 0 Å². The highest BCUT2D eigenvalue weighted by Gasteiger charge is 2.11. The third kappa shape index (κ3) is 2.67. The Morgan fingerprint density at radius 2 is 2.07 bits per heavy atom. The fourth-order valence-electron chi connectivity index (χ4n) is 1.84. The monoisotopic (exact) mass is 207 g/mol. The van der Waals surface area contributed by atoms with E-state index in [2.05, 4.69) is 15.2 Å². The summed E-state index contributed by atoms with van der Waals surface area (Å²) in [5, 5.41) is 3.30. The van der Waals surface area contributed by atoms with Crippen LogP contribution in [0.4, 0.5) is 0 Å². The topological polar surface area (TPSA) is 48.1 Å². The molecule has 2 N–H and O–H groups in total. The summed E-state index contributed by atoms with van der Waals surface area (Å²) in [6.45, 7) is 6.74. The van der Waals surface area contributed by atoms with Gasteiger partial charge in [0, 0.05) is 44.0 Å². The SMILES string of the molecule is Cc1ccc(CN2CCNCC2)c(=O)[nH]1. The van der Waals surface area contributed by atoms with E-state index in [0.29, 0.717) is 0 Å². The minimum absolute atomic E-state index is 0.0496. The average molecular weight is 207 g/mol. The molecule has 1 aliphatic heterocycles. The molecule has 1 saturated heterocycles. The first-order valence-electron chi connectivity index (χ1n) is 5.37. The van der Waals surface area contributed by atoms with Gasteiger partial charge in [-0.2, -0.15) is 0 Å². The summed E-state index contributed by atoms with van der Waals surface area (Å²) >= 11 is 0. The van der Waals surface area contributed by atoms with Crippen molar-refractivity contribution in [2.45, 2.75) is 13.5 Å². The van der Waals surface area contributed by atoms with Crippen molar-refractivity contribution in [2.75, 3.05) is 26.2 Å². The van der Waals surface area contributed by atoms with Crippen LogP contribution in [0.3, 0.4) is 0 Å². The molecule has 0 saturated carbocycles. The van der Waals surface area contributed by atoms with E-state index in [1.807, 2.05) is 19.1 Å². The molecule has 1 aliphatic rings. The molecular weight excluding hydrogens is 190 g/mol. The minimum Gasteiger partial charge on any atom is -0.326 e. The van der Waals surface area contributed by atoms with Crippen LogP contribution < -0.4 is 10.9 Å². The molecule has 2 heterocycles. The molecule has 0 unspecified atom stereocenters. The molecule has 0 aliphatic carbocycles. The number of rotatable bonds is 2. The quantitative estimate of drug-likeness (QED) is 0.722. The third-order valence-corrected chi connectivity index (χ3v) is 2.74. The van der Waals surface area contributed by atoms with Crippen LogP contribution in [0, 0.1) is 6.92 Å². The van der Waals surface area contributed by atoms with Crippen LogP contribution >= 0.6 is 0 Å². The number of hydrogen-bond donors (Lipinski definition) is 2. The second-order valence-electron chi connectivity index (χ2n) is 4.02. The van der Waals surface area contributed by atoms with Crippen LogP contribution in [-0.2, 0) is 6.54 Å². The van der Waals surface area contributed by atoms with Gasteiger partial charge in [0.1, 0.15) is 0 Å². The molecule has 1 fully saturated rings. The largest absolute Gasteiger partial charge is 0.326 e. The number of aromatic amines is 1. The Kier molecular flexibility index (Phi) is 3.18. The van der Waals surface area contributed by atoms with Crippen molar-refractivity contribution in [2.24, 2.45) is 0 Å². The molecule has 4 heteroatoms. The van der Waals surface area contributed by atoms with Gasteiger partial charge in [-0.05, 0) is 13.0 Å². The first-order chi connectivity index (χ1) is 7.25. The highest BCUT2D eigenvalue weighted by molar-refractivity contribution is 5.13. The fourth-order valence-corrected chi connectivity index (χ4v) is 1.84. The maximum absolute atomic E-state index is 11.6. The molecule has 0 aromatic carbocycles. The fraction of sp³-hybridized carbons (Fsp3) is 0.545. The normalized spacial score (nSPS) is 17.9. The number of H-pyrrole nitrogens is 1. The van der Waals surface area contributed by atoms with E-state index in [0.717, 1.165) is 44.0 Å². The lowest BCUT2D eigenvalue weighted by molar-refractivity contribution is 0.232. The van der Waals surface area contributed by atoms with Crippen molar-refractivity contribution in [1.29, 1.82) is 0 Å². The molecule has 15 heavy (non-hydrogen) atoms. The van der Waals surface area contributed by atoms with Crippen molar-refractivity contribution < 1.29 is 0 Å². The van der Waals surface area contributed by atoms with Gasteiger partial charge < -0.3 is 10.3 Å². The van der Waals surface area contributed by atoms with Gasteiger partial charge in [0.15, 0.2) is 0 Å². The van der Waals surface area contributed by atoms with Gasteiger partial charge in [0.05, 0.1) is 0 Å². The summed E-state index contributed by atoms with van der Waals surface area (Å²) in [4.78, 5) is 16.7. The Balaban J connectivity index is 2.06. The molecule has 0 atom stereocenters. The van der Waals surface area contributed by atoms with E-state index in [9.17, 15) is 4.79 Å². The molecule has 1 aromatic heterocycles. The Labute approximate surface area is 89.3 Å². The van der Waals surface area contributed by atoms with E-state index in [4.69, 9.17) is 0 Å². The zero-order valence-electron chi connectivity index (χ0n) is 9.05. The molecule has 0 amide bonds. The Morgan fingerprint density at radius 3 is 2.73 bits per heavy atom. The van der Waals surface area contributed by atoms with E-state index < -0.39 is 0 Å². The molecule has 1 aromatic rings. The van der Waals surface area contributed by atoms with Gasteiger partial charge in [-0.3, -0.25) is 9.69 Å². The highest BCUT2D eigenvalue weighted by atomic mass is 16.1. The number of aryl methyl sites for hydroxylation is 1. The lowest BCUT2D eigenvalue weighted by atomic mass is 10.2. The molecule has 0 radical (unpaired) electrons. The van der Waals surface area contributed by atoms with Gasteiger partial charge in [-0.25, -0.2) is 0 Å². The van der Waals surface area contributed by atoms with Crippen molar-refractivity contribution in [3.8, 4) is 0 Å². The first-order valence-corrected chi connectivity index (χ1v) is 5.37. The summed E-state index contributed by atoms with van der Waals surface area (Å²) in [6, 6.07) is 3.88. The van der Waals surface area contributed by atoms with Crippen molar-refractivity contribution in [1.82, 2.24) is 15.2 Å². The Hall–Kier alpha value is -1.13. The maximum atomic E-state index is 11.6. The van der Waals surface area contributed by atoms with E-state index in [1.165, 1.54) is 0 Å². The van der Waals surface area contributed by atoms with Crippen molar-refractivity contribution >= 4 is 0 Å². The first kappa shape index (κ1) is 10.4. The average Bonchev–Trinajstić information content (AvgIpc) is 2.24. The van der Waals surface area contributed by atoms with E-state index >= 15 is 0 Å². The molecule has 82 valence electrons. The zero-order valence-corrected chi connectivity index (χ0v) is 9.05. The number of nitrogens with zero attached hydrogens (tertiary/aromatic N) is 1. The van der Waals surface area contributed by atoms with Crippen LogP contribution in [0.2, 0.25) is 0 Å². The number of piperazine rings is 1. The Morgan fingerprint density at radius 1 is 1.33 bits per heavy atom. The van der Waals surface area contributed by atoms with Crippen molar-refractivity contribution in [3.05, 3.63) is 33.7 Å². The molecule has 0 bridgehead atoms. The highest BCUT2D eigenvalue weighted by Crippen LogP contribution is 2.01. The minimum atomic E-state index is 0.0496. The molecule has 0 spiro atoms. The lowest BCUT2D eigenvalue weighted by Crippen LogP contribution is -2.43. The standard InChI is InChI=1S/C11H17N3O/c1-9-2-3-10(11(15)13-9)8-14-6-4-12-5-7-14/h2-3,12H,4-8H2,1H3,(H,13,15). The Bertz CT molecular complexity index is 380. The number of pyridine rings is 1. The van der Waals surface area contributed by atoms with Crippen LogP contribution in [0.25, 0.3) is 0 Å². The third-order valence-electron chi connectivity index (χ3n) is 2.74. The zero-order chi connectivity index (χ0) is 10.7. The molecule has 4 nitrogen and oxygen atoms in total. The summed E-state index contributed by atoms with van der Waals surface area (Å²) < 4.78 is 0. The second-order valence-corrected chi connectivity index (χ2v) is 4.02.